The largest absolute Gasteiger partial charge is 0.497 e. The van der Waals surface area contributed by atoms with Crippen molar-refractivity contribution >= 4 is 23.0 Å². The molecule has 2 aromatic rings. The van der Waals surface area contributed by atoms with Crippen LogP contribution in [0.15, 0.2) is 36.4 Å². The first kappa shape index (κ1) is 17.9. The van der Waals surface area contributed by atoms with Crippen molar-refractivity contribution in [2.45, 2.75) is 12.7 Å². The molecule has 2 N–H and O–H groups in total. The molecule has 2 heterocycles. The highest BCUT2D eigenvalue weighted by Gasteiger charge is 2.18. The van der Waals surface area contributed by atoms with Crippen LogP contribution in [0.2, 0.25) is 0 Å². The fraction of sp³-hybridized carbons (Fsp3) is 0.353. The second-order valence-electron chi connectivity index (χ2n) is 5.56. The summed E-state index contributed by atoms with van der Waals surface area (Å²) in [5.74, 6) is 1.40. The van der Waals surface area contributed by atoms with E-state index in [9.17, 15) is 10.1 Å². The summed E-state index contributed by atoms with van der Waals surface area (Å²) in [6.45, 7) is 1.80. The minimum atomic E-state index is -0.469. The van der Waals surface area contributed by atoms with Gasteiger partial charge in [0.15, 0.2) is 6.29 Å². The summed E-state index contributed by atoms with van der Waals surface area (Å²) >= 11 is 0. The Bertz CT molecular complexity index is 747. The molecule has 0 aliphatic carbocycles. The van der Waals surface area contributed by atoms with Crippen molar-refractivity contribution in [3.63, 3.8) is 0 Å². The van der Waals surface area contributed by atoms with Crippen LogP contribution >= 0.6 is 0 Å². The zero-order valence-corrected chi connectivity index (χ0v) is 14.3. The number of pyridine rings is 1. The third-order valence-corrected chi connectivity index (χ3v) is 3.80. The fourth-order valence-electron chi connectivity index (χ4n) is 2.49. The summed E-state index contributed by atoms with van der Waals surface area (Å²) in [4.78, 5) is 15.1. The molecule has 0 atom stereocenters. The molecule has 1 saturated heterocycles. The molecule has 0 unspecified atom stereocenters. The summed E-state index contributed by atoms with van der Waals surface area (Å²) in [5, 5.41) is 17.4. The van der Waals surface area contributed by atoms with Crippen LogP contribution in [0.25, 0.3) is 0 Å². The van der Waals surface area contributed by atoms with E-state index in [1.54, 1.807) is 37.4 Å². The Morgan fingerprint density at radius 2 is 1.96 bits per heavy atom. The van der Waals surface area contributed by atoms with Crippen molar-refractivity contribution in [3.05, 3.63) is 46.5 Å². The average molecular weight is 360 g/mol. The topological polar surface area (TPSA) is 108 Å². The van der Waals surface area contributed by atoms with E-state index in [4.69, 9.17) is 14.2 Å². The molecular formula is C17H20N4O5. The van der Waals surface area contributed by atoms with Crippen LogP contribution < -0.4 is 15.4 Å². The van der Waals surface area contributed by atoms with Gasteiger partial charge in [-0.25, -0.2) is 4.98 Å². The highest BCUT2D eigenvalue weighted by atomic mass is 16.7. The van der Waals surface area contributed by atoms with Gasteiger partial charge < -0.3 is 24.8 Å². The Kier molecular flexibility index (Phi) is 5.82. The van der Waals surface area contributed by atoms with Gasteiger partial charge >= 0.3 is 5.69 Å². The summed E-state index contributed by atoms with van der Waals surface area (Å²) in [5.41, 5.74) is 0.570. The molecule has 1 aliphatic heterocycles. The molecule has 1 aromatic heterocycles. The van der Waals surface area contributed by atoms with E-state index >= 15 is 0 Å². The van der Waals surface area contributed by atoms with Gasteiger partial charge in [0.25, 0.3) is 0 Å². The number of nitrogens with one attached hydrogen (secondary N) is 2. The van der Waals surface area contributed by atoms with E-state index < -0.39 is 4.92 Å². The molecule has 9 nitrogen and oxygen atoms in total. The first-order chi connectivity index (χ1) is 12.7. The van der Waals surface area contributed by atoms with Gasteiger partial charge in [-0.1, -0.05) is 0 Å². The number of nitrogens with zero attached hydrogens (tertiary/aromatic N) is 2. The SMILES string of the molecule is COc1ccc(Nc2nc(NCCC3OCCO3)ccc2[N+](=O)[O-])cc1. The molecule has 1 aromatic carbocycles. The van der Waals surface area contributed by atoms with Crippen LogP contribution in [-0.4, -0.2) is 43.1 Å². The smallest absolute Gasteiger partial charge is 0.311 e. The fourth-order valence-corrected chi connectivity index (χ4v) is 2.49. The first-order valence-corrected chi connectivity index (χ1v) is 8.19. The van der Waals surface area contributed by atoms with E-state index in [0.717, 1.165) is 0 Å². The standard InChI is InChI=1S/C17H20N4O5/c1-24-13-4-2-12(3-5-13)19-17-14(21(22)23)6-7-15(20-17)18-9-8-16-25-10-11-26-16/h2-7,16H,8-11H2,1H3,(H2,18,19,20). The van der Waals surface area contributed by atoms with Gasteiger partial charge in [-0.05, 0) is 30.3 Å². The van der Waals surface area contributed by atoms with Crippen LogP contribution in [0, 0.1) is 10.1 Å². The van der Waals surface area contributed by atoms with E-state index in [1.807, 2.05) is 0 Å². The number of rotatable bonds is 8. The van der Waals surface area contributed by atoms with Crippen LogP contribution in [0.5, 0.6) is 5.75 Å². The molecule has 0 bridgehead atoms. The number of ether oxygens (including phenoxy) is 3. The lowest BCUT2D eigenvalue weighted by molar-refractivity contribution is -0.384. The molecule has 9 heteroatoms. The van der Waals surface area contributed by atoms with Crippen molar-refractivity contribution in [1.29, 1.82) is 0 Å². The lowest BCUT2D eigenvalue weighted by atomic mass is 10.3. The Labute approximate surface area is 150 Å². The molecule has 0 saturated carbocycles. The van der Waals surface area contributed by atoms with Gasteiger partial charge in [0, 0.05) is 24.7 Å². The summed E-state index contributed by atoms with van der Waals surface area (Å²) in [7, 11) is 1.58. The Morgan fingerprint density at radius 1 is 1.23 bits per heavy atom. The maximum atomic E-state index is 11.3. The summed E-state index contributed by atoms with van der Waals surface area (Å²) in [6, 6.07) is 10.0. The van der Waals surface area contributed by atoms with Crippen molar-refractivity contribution in [1.82, 2.24) is 4.98 Å². The second kappa shape index (κ2) is 8.45. The third kappa shape index (κ3) is 4.58. The van der Waals surface area contributed by atoms with Crippen molar-refractivity contribution in [2.75, 3.05) is 37.5 Å². The predicted octanol–water partition coefficient (Wildman–Crippen LogP) is 2.92. The van der Waals surface area contributed by atoms with Crippen molar-refractivity contribution in [3.8, 4) is 5.75 Å². The van der Waals surface area contributed by atoms with Gasteiger partial charge in [0.2, 0.25) is 5.82 Å². The molecule has 138 valence electrons. The van der Waals surface area contributed by atoms with Crippen LogP contribution in [0.4, 0.5) is 23.0 Å². The lowest BCUT2D eigenvalue weighted by Gasteiger charge is -2.12. The van der Waals surface area contributed by atoms with Gasteiger partial charge in [0.1, 0.15) is 11.6 Å². The molecule has 1 fully saturated rings. The summed E-state index contributed by atoms with van der Waals surface area (Å²) in [6.07, 6.45) is 0.456. The lowest BCUT2D eigenvalue weighted by Crippen LogP contribution is -2.15. The molecule has 0 amide bonds. The summed E-state index contributed by atoms with van der Waals surface area (Å²) < 4.78 is 15.8. The Balaban J connectivity index is 1.69. The molecule has 0 radical (unpaired) electrons. The number of benzene rings is 1. The zero-order valence-electron chi connectivity index (χ0n) is 14.3. The number of hydrogen-bond donors (Lipinski definition) is 2. The predicted molar refractivity (Wildman–Crippen MR) is 96.0 cm³/mol. The second-order valence-corrected chi connectivity index (χ2v) is 5.56. The van der Waals surface area contributed by atoms with E-state index in [0.29, 0.717) is 43.4 Å². The van der Waals surface area contributed by atoms with Gasteiger partial charge in [0.05, 0.1) is 25.2 Å². The number of nitro groups is 1. The minimum Gasteiger partial charge on any atom is -0.497 e. The first-order valence-electron chi connectivity index (χ1n) is 8.19. The quantitative estimate of drug-likeness (QED) is 0.546. The Hall–Kier alpha value is -2.91. The average Bonchev–Trinajstić information content (AvgIpc) is 3.16. The molecule has 3 rings (SSSR count). The number of methoxy groups -OCH3 is 1. The van der Waals surface area contributed by atoms with E-state index in [-0.39, 0.29) is 17.8 Å². The van der Waals surface area contributed by atoms with Crippen LogP contribution in [0.1, 0.15) is 6.42 Å². The zero-order chi connectivity index (χ0) is 18.4. The van der Waals surface area contributed by atoms with Gasteiger partial charge in [-0.2, -0.15) is 0 Å². The number of anilines is 3. The highest BCUT2D eigenvalue weighted by Crippen LogP contribution is 2.28. The van der Waals surface area contributed by atoms with Gasteiger partial charge in [-0.3, -0.25) is 10.1 Å². The molecule has 1 aliphatic rings. The third-order valence-electron chi connectivity index (χ3n) is 3.80. The number of aromatic nitrogens is 1. The molecule has 0 spiro atoms. The van der Waals surface area contributed by atoms with Gasteiger partial charge in [-0.15, -0.1) is 0 Å². The Morgan fingerprint density at radius 3 is 2.62 bits per heavy atom. The maximum absolute atomic E-state index is 11.3. The molecule has 26 heavy (non-hydrogen) atoms. The van der Waals surface area contributed by atoms with Crippen LogP contribution in [0.3, 0.4) is 0 Å². The molecular weight excluding hydrogens is 340 g/mol. The number of hydrogen-bond acceptors (Lipinski definition) is 8. The van der Waals surface area contributed by atoms with Crippen molar-refractivity contribution < 1.29 is 19.1 Å². The van der Waals surface area contributed by atoms with E-state index in [2.05, 4.69) is 15.6 Å². The minimum absolute atomic E-state index is 0.103. The normalized spacial score (nSPS) is 14.2. The van der Waals surface area contributed by atoms with Crippen molar-refractivity contribution in [2.24, 2.45) is 0 Å². The monoisotopic (exact) mass is 360 g/mol. The maximum Gasteiger partial charge on any atom is 0.311 e. The highest BCUT2D eigenvalue weighted by molar-refractivity contribution is 5.68. The van der Waals surface area contributed by atoms with Crippen LogP contribution in [-0.2, 0) is 9.47 Å². The van der Waals surface area contributed by atoms with E-state index in [1.165, 1.54) is 6.07 Å².